The zero-order valence-corrected chi connectivity index (χ0v) is 19.2. The molecule has 1 aliphatic rings. The summed E-state index contributed by atoms with van der Waals surface area (Å²) in [4.78, 5) is 21.1. The fraction of sp³-hybridized carbons (Fsp3) is 0.231. The minimum Gasteiger partial charge on any atom is -0.481 e. The molecule has 0 atom stereocenters. The molecule has 172 valence electrons. The van der Waals surface area contributed by atoms with E-state index in [9.17, 15) is 4.79 Å². The van der Waals surface area contributed by atoms with Gasteiger partial charge in [0.15, 0.2) is 11.6 Å². The maximum absolute atomic E-state index is 10.9. The number of H-pyrrole nitrogens is 1. The van der Waals surface area contributed by atoms with E-state index in [0.29, 0.717) is 22.6 Å². The molecule has 1 saturated heterocycles. The van der Waals surface area contributed by atoms with Gasteiger partial charge < -0.3 is 15.0 Å². The van der Waals surface area contributed by atoms with E-state index in [1.54, 1.807) is 0 Å². The molecule has 34 heavy (non-hydrogen) atoms. The van der Waals surface area contributed by atoms with E-state index in [1.165, 1.54) is 5.56 Å². The van der Waals surface area contributed by atoms with E-state index >= 15 is 0 Å². The van der Waals surface area contributed by atoms with Gasteiger partial charge in [-0.3, -0.25) is 4.79 Å². The highest BCUT2D eigenvalue weighted by Gasteiger charge is 2.22. The first kappa shape index (κ1) is 22.1. The molecule has 0 bridgehead atoms. The summed E-state index contributed by atoms with van der Waals surface area (Å²) in [7, 11) is 0. The molecule has 0 radical (unpaired) electrons. The molecular weight excluding hydrogens is 450 g/mol. The van der Waals surface area contributed by atoms with Gasteiger partial charge in [-0.15, -0.1) is 10.2 Å². The lowest BCUT2D eigenvalue weighted by molar-refractivity contribution is -0.136. The maximum Gasteiger partial charge on any atom is 0.307 e. The molecule has 2 N–H and O–H groups in total. The number of carbonyl (C=O) groups is 1. The van der Waals surface area contributed by atoms with Crippen molar-refractivity contribution in [3.8, 4) is 22.8 Å². The number of benzene rings is 2. The largest absolute Gasteiger partial charge is 0.481 e. The smallest absolute Gasteiger partial charge is 0.307 e. The summed E-state index contributed by atoms with van der Waals surface area (Å²) in [6.07, 6.45) is 3.96. The Balaban J connectivity index is 1.21. The van der Waals surface area contributed by atoms with E-state index in [4.69, 9.17) is 16.7 Å². The van der Waals surface area contributed by atoms with Gasteiger partial charge in [-0.2, -0.15) is 0 Å². The van der Waals surface area contributed by atoms with Gasteiger partial charge in [-0.05, 0) is 54.2 Å². The Morgan fingerprint density at radius 3 is 2.38 bits per heavy atom. The van der Waals surface area contributed by atoms with Gasteiger partial charge in [-0.1, -0.05) is 48.0 Å². The van der Waals surface area contributed by atoms with Crippen LogP contribution in [0, 0.1) is 0 Å². The van der Waals surface area contributed by atoms with Gasteiger partial charge in [0.2, 0.25) is 0 Å². The average Bonchev–Trinajstić information content (AvgIpc) is 3.35. The minimum absolute atomic E-state index is 0.0658. The molecule has 0 amide bonds. The molecule has 3 heterocycles. The molecule has 0 spiro atoms. The van der Waals surface area contributed by atoms with Crippen molar-refractivity contribution in [3.63, 3.8) is 0 Å². The van der Waals surface area contributed by atoms with Gasteiger partial charge in [-0.25, -0.2) is 4.98 Å². The Bertz CT molecular complexity index is 1280. The van der Waals surface area contributed by atoms with Crippen LogP contribution in [0.5, 0.6) is 0 Å². The standard InChI is InChI=1S/C26H24ClN5O2/c27-22-3-1-2-20(15-22)25-29-26(31-30-25)21-8-9-23(28-16-21)32-12-10-19(11-13-32)18-6-4-17(5-7-18)14-24(33)34/h1-9,15-16,19H,10-14H2,(H,33,34)(H,29,30,31). The van der Waals surface area contributed by atoms with Crippen LogP contribution in [0.15, 0.2) is 66.9 Å². The number of aromatic amines is 1. The lowest BCUT2D eigenvalue weighted by Crippen LogP contribution is -2.33. The third-order valence-electron chi connectivity index (χ3n) is 6.23. The first-order chi connectivity index (χ1) is 16.5. The molecule has 0 saturated carbocycles. The van der Waals surface area contributed by atoms with Crippen molar-refractivity contribution in [2.24, 2.45) is 0 Å². The number of nitrogens with one attached hydrogen (secondary N) is 1. The highest BCUT2D eigenvalue weighted by molar-refractivity contribution is 6.30. The highest BCUT2D eigenvalue weighted by Crippen LogP contribution is 2.31. The van der Waals surface area contributed by atoms with E-state index < -0.39 is 5.97 Å². The summed E-state index contributed by atoms with van der Waals surface area (Å²) in [6, 6.07) is 19.5. The number of rotatable bonds is 6. The number of nitrogens with zero attached hydrogens (tertiary/aromatic N) is 4. The van der Waals surface area contributed by atoms with Crippen molar-refractivity contribution in [1.82, 2.24) is 20.2 Å². The van der Waals surface area contributed by atoms with Crippen LogP contribution in [0.1, 0.15) is 29.9 Å². The molecule has 1 aliphatic heterocycles. The van der Waals surface area contributed by atoms with Gasteiger partial charge in [0, 0.05) is 35.4 Å². The van der Waals surface area contributed by atoms with Crippen molar-refractivity contribution in [1.29, 1.82) is 0 Å². The second-order valence-corrected chi connectivity index (χ2v) is 8.95. The second kappa shape index (κ2) is 9.65. The van der Waals surface area contributed by atoms with Crippen LogP contribution in [0.3, 0.4) is 0 Å². The number of aromatic nitrogens is 4. The summed E-state index contributed by atoms with van der Waals surface area (Å²) in [5, 5.41) is 18.1. The van der Waals surface area contributed by atoms with Crippen LogP contribution < -0.4 is 4.90 Å². The van der Waals surface area contributed by atoms with Crippen LogP contribution in [0.4, 0.5) is 5.82 Å². The van der Waals surface area contributed by atoms with Crippen LogP contribution >= 0.6 is 11.6 Å². The monoisotopic (exact) mass is 473 g/mol. The van der Waals surface area contributed by atoms with Crippen molar-refractivity contribution in [3.05, 3.63) is 83.0 Å². The number of halogens is 1. The van der Waals surface area contributed by atoms with E-state index in [1.807, 2.05) is 54.7 Å². The van der Waals surface area contributed by atoms with E-state index in [-0.39, 0.29) is 6.42 Å². The molecule has 0 unspecified atom stereocenters. The summed E-state index contributed by atoms with van der Waals surface area (Å²) >= 11 is 6.08. The lowest BCUT2D eigenvalue weighted by Gasteiger charge is -2.33. The summed E-state index contributed by atoms with van der Waals surface area (Å²) in [6.45, 7) is 1.85. The Morgan fingerprint density at radius 1 is 1.00 bits per heavy atom. The van der Waals surface area contributed by atoms with Crippen molar-refractivity contribution in [2.45, 2.75) is 25.2 Å². The fourth-order valence-corrected chi connectivity index (χ4v) is 4.59. The molecule has 2 aromatic heterocycles. The zero-order valence-electron chi connectivity index (χ0n) is 18.5. The Kier molecular flexibility index (Phi) is 6.27. The maximum atomic E-state index is 10.9. The fourth-order valence-electron chi connectivity index (χ4n) is 4.40. The van der Waals surface area contributed by atoms with Crippen LogP contribution in [0.25, 0.3) is 22.8 Å². The third-order valence-corrected chi connectivity index (χ3v) is 6.47. The van der Waals surface area contributed by atoms with Crippen molar-refractivity contribution < 1.29 is 9.90 Å². The van der Waals surface area contributed by atoms with E-state index in [0.717, 1.165) is 48.4 Å². The number of piperidine rings is 1. The third kappa shape index (κ3) is 4.94. The predicted octanol–water partition coefficient (Wildman–Crippen LogP) is 5.20. The molecule has 5 rings (SSSR count). The second-order valence-electron chi connectivity index (χ2n) is 8.51. The van der Waals surface area contributed by atoms with Crippen LogP contribution in [-0.4, -0.2) is 44.3 Å². The summed E-state index contributed by atoms with van der Waals surface area (Å²) < 4.78 is 0. The Labute approximate surface area is 202 Å². The lowest BCUT2D eigenvalue weighted by atomic mass is 9.89. The number of hydrogen-bond acceptors (Lipinski definition) is 5. The van der Waals surface area contributed by atoms with Gasteiger partial charge in [0.1, 0.15) is 5.82 Å². The molecule has 1 fully saturated rings. The molecule has 7 nitrogen and oxygen atoms in total. The first-order valence-corrected chi connectivity index (χ1v) is 11.6. The van der Waals surface area contributed by atoms with Crippen LogP contribution in [0.2, 0.25) is 5.02 Å². The SMILES string of the molecule is O=C(O)Cc1ccc(C2CCN(c3ccc(-c4nnc(-c5cccc(Cl)c5)[nH]4)cn3)CC2)cc1. The summed E-state index contributed by atoms with van der Waals surface area (Å²) in [5.74, 6) is 1.96. The molecule has 8 heteroatoms. The Morgan fingerprint density at radius 2 is 1.74 bits per heavy atom. The number of carboxylic acids is 1. The van der Waals surface area contributed by atoms with Crippen molar-refractivity contribution in [2.75, 3.05) is 18.0 Å². The average molecular weight is 474 g/mol. The van der Waals surface area contributed by atoms with E-state index in [2.05, 4.69) is 37.2 Å². The van der Waals surface area contributed by atoms with Crippen LogP contribution in [-0.2, 0) is 11.2 Å². The van der Waals surface area contributed by atoms with Gasteiger partial charge in [0.25, 0.3) is 0 Å². The molecule has 0 aliphatic carbocycles. The van der Waals surface area contributed by atoms with Crippen molar-refractivity contribution >= 4 is 23.4 Å². The van der Waals surface area contributed by atoms with Gasteiger partial charge >= 0.3 is 5.97 Å². The number of hydrogen-bond donors (Lipinski definition) is 2. The Hall–Kier alpha value is -3.71. The zero-order chi connectivity index (χ0) is 23.5. The first-order valence-electron chi connectivity index (χ1n) is 11.3. The summed E-state index contributed by atoms with van der Waals surface area (Å²) in [5.41, 5.74) is 3.87. The number of aliphatic carboxylic acids is 1. The number of pyridine rings is 1. The number of carboxylic acid groups (broad SMARTS) is 1. The predicted molar refractivity (Wildman–Crippen MR) is 132 cm³/mol. The molecule has 4 aromatic rings. The normalized spacial score (nSPS) is 14.3. The minimum atomic E-state index is -0.801. The van der Waals surface area contributed by atoms with Gasteiger partial charge in [0.05, 0.1) is 6.42 Å². The molecular formula is C26H24ClN5O2. The number of anilines is 1. The quantitative estimate of drug-likeness (QED) is 0.399. The topological polar surface area (TPSA) is 95.0 Å². The molecule has 2 aromatic carbocycles. The highest BCUT2D eigenvalue weighted by atomic mass is 35.5.